The molecule has 27 heavy (non-hydrogen) atoms. The zero-order valence-electron chi connectivity index (χ0n) is 13.8. The average Bonchev–Trinajstić information content (AvgIpc) is 3.06. The summed E-state index contributed by atoms with van der Waals surface area (Å²) in [4.78, 5) is 23.7. The van der Waals surface area contributed by atoms with E-state index in [1.807, 2.05) is 60.7 Å². The maximum atomic E-state index is 12.8. The highest BCUT2D eigenvalue weighted by atomic mass is 79.9. The number of pyridine rings is 1. The highest BCUT2D eigenvalue weighted by molar-refractivity contribution is 9.10. The predicted octanol–water partition coefficient (Wildman–Crippen LogP) is 4.31. The fourth-order valence-corrected chi connectivity index (χ4v) is 3.94. The van der Waals surface area contributed by atoms with Crippen LogP contribution < -0.4 is 4.74 Å². The number of halogens is 1. The van der Waals surface area contributed by atoms with Crippen molar-refractivity contribution in [1.29, 1.82) is 0 Å². The lowest BCUT2D eigenvalue weighted by Crippen LogP contribution is -2.35. The summed E-state index contributed by atoms with van der Waals surface area (Å²) in [6.45, 7) is 0. The maximum absolute atomic E-state index is 12.8. The molecule has 0 spiro atoms. The zero-order valence-corrected chi connectivity index (χ0v) is 15.4. The minimum Gasteiger partial charge on any atom is -0.494 e. The van der Waals surface area contributed by atoms with E-state index in [-0.39, 0.29) is 17.2 Å². The number of hydrogen-bond acceptors (Lipinski definition) is 4. The number of carbonyl (C=O) groups is 2. The van der Waals surface area contributed by atoms with Gasteiger partial charge in [0.05, 0.1) is 5.69 Å². The Balaban J connectivity index is 2.00. The van der Waals surface area contributed by atoms with Gasteiger partial charge in [0.2, 0.25) is 5.88 Å². The molecular formula is C21H12BrNO4. The van der Waals surface area contributed by atoms with Crippen LogP contribution in [0, 0.1) is 0 Å². The van der Waals surface area contributed by atoms with Crippen LogP contribution in [0.4, 0.5) is 0 Å². The first-order valence-electron chi connectivity index (χ1n) is 8.32. The molecule has 2 aromatic rings. The van der Waals surface area contributed by atoms with E-state index in [0.29, 0.717) is 16.9 Å². The zero-order chi connectivity index (χ0) is 18.7. The summed E-state index contributed by atoms with van der Waals surface area (Å²) < 4.78 is 7.08. The maximum Gasteiger partial charge on any atom is 0.333 e. The Hall–Kier alpha value is -3.12. The molecule has 2 aromatic carbocycles. The number of benzene rings is 2. The fourth-order valence-electron chi connectivity index (χ4n) is 3.62. The monoisotopic (exact) mass is 421 g/mol. The lowest BCUT2D eigenvalue weighted by Gasteiger charge is -2.26. The molecule has 132 valence electrons. The molecule has 3 aliphatic rings. The minimum absolute atomic E-state index is 0.00290. The molecule has 1 N–H and O–H groups in total. The van der Waals surface area contributed by atoms with E-state index in [0.717, 1.165) is 10.8 Å². The Morgan fingerprint density at radius 3 is 2.48 bits per heavy atom. The van der Waals surface area contributed by atoms with Gasteiger partial charge in [-0.1, -0.05) is 58.4 Å². The van der Waals surface area contributed by atoms with E-state index < -0.39 is 16.6 Å². The van der Waals surface area contributed by atoms with Crippen LogP contribution in [0.3, 0.4) is 0 Å². The number of aromatic nitrogens is 1. The van der Waals surface area contributed by atoms with Gasteiger partial charge in [-0.15, -0.1) is 0 Å². The predicted molar refractivity (Wildman–Crippen MR) is 104 cm³/mol. The molecule has 0 aromatic heterocycles. The number of aromatic hydroxyl groups is 1. The number of hydrogen-bond donors (Lipinski definition) is 1. The van der Waals surface area contributed by atoms with E-state index in [1.165, 1.54) is 0 Å². The average molecular weight is 422 g/mol. The summed E-state index contributed by atoms with van der Waals surface area (Å²) in [7, 11) is 0. The van der Waals surface area contributed by atoms with Crippen molar-refractivity contribution in [1.82, 2.24) is 4.57 Å². The van der Waals surface area contributed by atoms with E-state index in [9.17, 15) is 14.7 Å². The van der Waals surface area contributed by atoms with E-state index in [2.05, 4.69) is 15.9 Å². The largest absolute Gasteiger partial charge is 0.494 e. The first kappa shape index (κ1) is 16.1. The van der Waals surface area contributed by atoms with Gasteiger partial charge in [-0.3, -0.25) is 9.36 Å². The second kappa shape index (κ2) is 5.69. The number of fused-ring (bicyclic) bond motifs is 5. The Morgan fingerprint density at radius 1 is 1.00 bits per heavy atom. The minimum atomic E-state index is -1.14. The van der Waals surface area contributed by atoms with Crippen LogP contribution in [0.25, 0.3) is 27.7 Å². The van der Waals surface area contributed by atoms with Gasteiger partial charge < -0.3 is 9.84 Å². The summed E-state index contributed by atoms with van der Waals surface area (Å²) in [5, 5.41) is 12.9. The Labute approximate surface area is 162 Å². The van der Waals surface area contributed by atoms with Crippen LogP contribution in [0.15, 0.2) is 60.7 Å². The lowest BCUT2D eigenvalue weighted by molar-refractivity contribution is -0.133. The molecule has 1 unspecified atom stereocenters. The van der Waals surface area contributed by atoms with Crippen LogP contribution in [-0.2, 0) is 4.79 Å². The molecule has 2 heterocycles. The third kappa shape index (κ3) is 2.16. The molecule has 0 fully saturated rings. The number of para-hydroxylation sites is 1. The molecule has 0 saturated carbocycles. The molecule has 6 heteroatoms. The quantitative estimate of drug-likeness (QED) is 0.282. The summed E-state index contributed by atoms with van der Waals surface area (Å²) in [6, 6.07) is 18.8. The number of ether oxygens (including phenoxy) is 1. The van der Waals surface area contributed by atoms with E-state index in [4.69, 9.17) is 4.74 Å². The van der Waals surface area contributed by atoms with Crippen LogP contribution in [0.2, 0.25) is 0 Å². The number of Topliss-reactive ketones (excluding diaryl/α,β-unsaturated/α-hetero) is 1. The van der Waals surface area contributed by atoms with Crippen molar-refractivity contribution in [3.05, 3.63) is 66.2 Å². The number of carbonyl (C=O) groups excluding carboxylic acids is 2. The summed E-state index contributed by atoms with van der Waals surface area (Å²) in [6.07, 6.45) is 0. The first-order chi connectivity index (χ1) is 13.1. The fraction of sp³-hybridized carbons (Fsp3) is 0.0476. The molecule has 1 aliphatic carbocycles. The molecule has 0 radical (unpaired) electrons. The van der Waals surface area contributed by atoms with Gasteiger partial charge in [-0.05, 0) is 23.6 Å². The van der Waals surface area contributed by atoms with Gasteiger partial charge >= 0.3 is 5.97 Å². The van der Waals surface area contributed by atoms with Gasteiger partial charge in [0, 0.05) is 16.6 Å². The van der Waals surface area contributed by atoms with Gasteiger partial charge in [-0.2, -0.15) is 0 Å². The second-order valence-corrected chi connectivity index (χ2v) is 7.26. The molecule has 1 atom stereocenters. The van der Waals surface area contributed by atoms with Crippen molar-refractivity contribution >= 4 is 38.5 Å². The highest BCUT2D eigenvalue weighted by Gasteiger charge is 2.41. The standard InChI is InChI=1S/C21H12BrNO4/c22-16-18(24)15-19(27-21(16)26)14-10-11-6-4-5-9-13(11)17(14)23(20(15)25)12-7-2-1-3-8-12/h1-10,16,25H. The topological polar surface area (TPSA) is 68.5 Å². The van der Waals surface area contributed by atoms with E-state index >= 15 is 0 Å². The summed E-state index contributed by atoms with van der Waals surface area (Å²) in [5.74, 6) is -1.34. The van der Waals surface area contributed by atoms with Crippen molar-refractivity contribution in [3.8, 4) is 28.6 Å². The Kier molecular flexibility index (Phi) is 3.39. The molecule has 0 saturated heterocycles. The number of alkyl halides is 1. The highest BCUT2D eigenvalue weighted by Crippen LogP contribution is 2.49. The van der Waals surface area contributed by atoms with Crippen molar-refractivity contribution < 1.29 is 19.4 Å². The smallest absolute Gasteiger partial charge is 0.333 e. The van der Waals surface area contributed by atoms with E-state index in [1.54, 1.807) is 4.57 Å². The van der Waals surface area contributed by atoms with Gasteiger partial charge in [0.15, 0.2) is 16.4 Å². The number of esters is 1. The number of ketones is 1. The molecule has 0 bridgehead atoms. The third-order valence-corrected chi connectivity index (χ3v) is 5.59. The Morgan fingerprint density at radius 2 is 1.70 bits per heavy atom. The normalized spacial score (nSPS) is 16.6. The molecule has 5 rings (SSSR count). The molecular weight excluding hydrogens is 410 g/mol. The summed E-state index contributed by atoms with van der Waals surface area (Å²) >= 11 is 3.06. The van der Waals surface area contributed by atoms with Gasteiger partial charge in [-0.25, -0.2) is 4.79 Å². The van der Waals surface area contributed by atoms with Crippen molar-refractivity contribution in [2.75, 3.05) is 0 Å². The first-order valence-corrected chi connectivity index (χ1v) is 9.24. The van der Waals surface area contributed by atoms with Crippen molar-refractivity contribution in [3.63, 3.8) is 0 Å². The number of nitrogens with zero attached hydrogens (tertiary/aromatic N) is 1. The van der Waals surface area contributed by atoms with Crippen molar-refractivity contribution in [2.45, 2.75) is 4.83 Å². The molecule has 5 nitrogen and oxygen atoms in total. The van der Waals surface area contributed by atoms with Gasteiger partial charge in [0.1, 0.15) is 5.56 Å². The second-order valence-electron chi connectivity index (χ2n) is 6.34. The summed E-state index contributed by atoms with van der Waals surface area (Å²) in [5.41, 5.74) is 1.99. The molecule has 0 amide bonds. The number of rotatable bonds is 1. The van der Waals surface area contributed by atoms with Crippen LogP contribution in [-0.4, -0.2) is 26.3 Å². The lowest BCUT2D eigenvalue weighted by atomic mass is 10.00. The van der Waals surface area contributed by atoms with Crippen LogP contribution >= 0.6 is 15.9 Å². The van der Waals surface area contributed by atoms with Gasteiger partial charge in [0.25, 0.3) is 0 Å². The Bertz CT molecular complexity index is 1210. The SMILES string of the molecule is O=C1Oc2c3cc4ccccc4c-3n(-c3ccccc3)c(O)c2C(=O)C1Br. The molecule has 2 aliphatic heterocycles. The van der Waals surface area contributed by atoms with Crippen molar-refractivity contribution in [2.24, 2.45) is 0 Å². The van der Waals surface area contributed by atoms with Crippen LogP contribution in [0.1, 0.15) is 10.4 Å². The third-order valence-electron chi connectivity index (χ3n) is 4.80. The van der Waals surface area contributed by atoms with Crippen LogP contribution in [0.5, 0.6) is 11.6 Å².